The Hall–Kier alpha value is -2.28. The molecule has 0 unspecified atom stereocenters. The van der Waals surface area contributed by atoms with E-state index >= 15 is 0 Å². The van der Waals surface area contributed by atoms with Gasteiger partial charge >= 0.3 is 6.03 Å². The normalized spacial score (nSPS) is 18.7. The van der Waals surface area contributed by atoms with E-state index in [0.29, 0.717) is 18.6 Å². The van der Waals surface area contributed by atoms with Crippen LogP contribution in [0.3, 0.4) is 0 Å². The van der Waals surface area contributed by atoms with Crippen LogP contribution in [-0.4, -0.2) is 66.6 Å². The number of rotatable bonds is 6. The van der Waals surface area contributed by atoms with Crippen molar-refractivity contribution in [3.63, 3.8) is 0 Å². The van der Waals surface area contributed by atoms with Crippen molar-refractivity contribution in [3.05, 3.63) is 29.8 Å². The number of anilines is 1. The summed E-state index contributed by atoms with van der Waals surface area (Å²) in [5.74, 6) is 0.868. The summed E-state index contributed by atoms with van der Waals surface area (Å²) < 4.78 is 0. The summed E-state index contributed by atoms with van der Waals surface area (Å²) in [5, 5.41) is 9.99. The maximum atomic E-state index is 12.3. The van der Waals surface area contributed by atoms with Gasteiger partial charge < -0.3 is 25.8 Å². The summed E-state index contributed by atoms with van der Waals surface area (Å²) in [6.45, 7) is 12.0. The molecule has 2 saturated heterocycles. The molecule has 0 radical (unpaired) electrons. The van der Waals surface area contributed by atoms with E-state index in [9.17, 15) is 4.79 Å². The van der Waals surface area contributed by atoms with Crippen LogP contribution in [0.15, 0.2) is 29.3 Å². The molecular weight excluding hydrogens is 376 g/mol. The maximum absolute atomic E-state index is 12.3. The van der Waals surface area contributed by atoms with Crippen LogP contribution in [0, 0.1) is 0 Å². The zero-order valence-corrected chi connectivity index (χ0v) is 18.8. The Bertz CT molecular complexity index is 705. The minimum atomic E-state index is -0.00380. The third kappa shape index (κ3) is 6.62. The fourth-order valence-electron chi connectivity index (χ4n) is 4.11. The standard InChI is InChI=1S/C23H38N6O/c1-4-24-22(26-20-10-14-28(15-11-20)18(2)3)25-17-19-8-7-9-21(16-19)27-23(30)29-12-5-6-13-29/h7-9,16,18,20H,4-6,10-15,17H2,1-3H3,(H,27,30)(H2,24,25,26). The Morgan fingerprint density at radius 2 is 1.90 bits per heavy atom. The van der Waals surface area contributed by atoms with Crippen LogP contribution < -0.4 is 16.0 Å². The number of urea groups is 1. The molecule has 3 rings (SSSR count). The number of hydrogen-bond donors (Lipinski definition) is 3. The van der Waals surface area contributed by atoms with Crippen molar-refractivity contribution in [2.75, 3.05) is 38.0 Å². The van der Waals surface area contributed by atoms with Crippen molar-refractivity contribution >= 4 is 17.7 Å². The third-order valence-electron chi connectivity index (χ3n) is 5.94. The molecule has 166 valence electrons. The largest absolute Gasteiger partial charge is 0.357 e. The summed E-state index contributed by atoms with van der Waals surface area (Å²) in [4.78, 5) is 21.5. The lowest BCUT2D eigenvalue weighted by Gasteiger charge is -2.35. The molecule has 2 aliphatic heterocycles. The second-order valence-corrected chi connectivity index (χ2v) is 8.57. The van der Waals surface area contributed by atoms with Crippen molar-refractivity contribution in [2.45, 2.75) is 65.1 Å². The van der Waals surface area contributed by atoms with Crippen LogP contribution in [-0.2, 0) is 6.54 Å². The highest BCUT2D eigenvalue weighted by Crippen LogP contribution is 2.15. The number of likely N-dealkylation sites (tertiary alicyclic amines) is 2. The fraction of sp³-hybridized carbons (Fsp3) is 0.652. The van der Waals surface area contributed by atoms with Gasteiger partial charge in [0.15, 0.2) is 5.96 Å². The van der Waals surface area contributed by atoms with Gasteiger partial charge in [0.25, 0.3) is 0 Å². The summed E-state index contributed by atoms with van der Waals surface area (Å²) in [6, 6.07) is 9.06. The predicted molar refractivity (Wildman–Crippen MR) is 124 cm³/mol. The third-order valence-corrected chi connectivity index (χ3v) is 5.94. The molecular formula is C23H38N6O. The number of benzene rings is 1. The number of carbonyl (C=O) groups excluding carboxylic acids is 1. The number of nitrogens with one attached hydrogen (secondary N) is 3. The smallest absolute Gasteiger partial charge is 0.321 e. The Kier molecular flexibility index (Phi) is 8.37. The SMILES string of the molecule is CCNC(=NCc1cccc(NC(=O)N2CCCC2)c1)NC1CCN(C(C)C)CC1. The quantitative estimate of drug-likeness (QED) is 0.494. The van der Waals surface area contributed by atoms with E-state index in [1.807, 2.05) is 23.1 Å². The molecule has 3 N–H and O–H groups in total. The molecule has 1 aromatic carbocycles. The Morgan fingerprint density at radius 1 is 1.17 bits per heavy atom. The molecule has 0 bridgehead atoms. The van der Waals surface area contributed by atoms with Crippen LogP contribution in [0.2, 0.25) is 0 Å². The van der Waals surface area contributed by atoms with Gasteiger partial charge in [0.2, 0.25) is 0 Å². The fourth-order valence-corrected chi connectivity index (χ4v) is 4.11. The number of nitrogens with zero attached hydrogens (tertiary/aromatic N) is 3. The van der Waals surface area contributed by atoms with Crippen LogP contribution in [0.1, 0.15) is 52.0 Å². The second kappa shape index (κ2) is 11.2. The van der Waals surface area contributed by atoms with E-state index in [1.165, 1.54) is 0 Å². The molecule has 2 fully saturated rings. The van der Waals surface area contributed by atoms with Gasteiger partial charge in [-0.3, -0.25) is 0 Å². The average Bonchev–Trinajstić information content (AvgIpc) is 3.28. The zero-order chi connectivity index (χ0) is 21.3. The molecule has 7 nitrogen and oxygen atoms in total. The van der Waals surface area contributed by atoms with Crippen molar-refractivity contribution < 1.29 is 4.79 Å². The predicted octanol–water partition coefficient (Wildman–Crippen LogP) is 3.24. The molecule has 0 spiro atoms. The first-order valence-corrected chi connectivity index (χ1v) is 11.5. The van der Waals surface area contributed by atoms with Gasteiger partial charge in [-0.1, -0.05) is 12.1 Å². The van der Waals surface area contributed by atoms with Crippen LogP contribution in [0.5, 0.6) is 0 Å². The van der Waals surface area contributed by atoms with Crippen molar-refractivity contribution in [3.8, 4) is 0 Å². The van der Waals surface area contributed by atoms with Crippen LogP contribution in [0.25, 0.3) is 0 Å². The monoisotopic (exact) mass is 414 g/mol. The van der Waals surface area contributed by atoms with Gasteiger partial charge in [-0.25, -0.2) is 9.79 Å². The summed E-state index contributed by atoms with van der Waals surface area (Å²) in [6.07, 6.45) is 4.47. The zero-order valence-electron chi connectivity index (χ0n) is 18.8. The Balaban J connectivity index is 1.54. The van der Waals surface area contributed by atoms with Gasteiger partial charge in [0.05, 0.1) is 6.54 Å². The topological polar surface area (TPSA) is 72.0 Å². The number of guanidine groups is 1. The molecule has 0 aliphatic carbocycles. The number of amides is 2. The van der Waals surface area contributed by atoms with Gasteiger partial charge in [0, 0.05) is 50.5 Å². The molecule has 2 amide bonds. The van der Waals surface area contributed by atoms with Gasteiger partial charge in [0.1, 0.15) is 0 Å². The van der Waals surface area contributed by atoms with Crippen molar-refractivity contribution in [1.29, 1.82) is 0 Å². The first kappa shape index (κ1) is 22.4. The lowest BCUT2D eigenvalue weighted by Crippen LogP contribution is -2.49. The van der Waals surface area contributed by atoms with Gasteiger partial charge in [-0.2, -0.15) is 0 Å². The van der Waals surface area contributed by atoms with E-state index in [4.69, 9.17) is 4.99 Å². The summed E-state index contributed by atoms with van der Waals surface area (Å²) in [7, 11) is 0. The molecule has 0 saturated carbocycles. The number of aliphatic imine (C=N–C) groups is 1. The van der Waals surface area contributed by atoms with E-state index < -0.39 is 0 Å². The van der Waals surface area contributed by atoms with Crippen LogP contribution in [0.4, 0.5) is 10.5 Å². The molecule has 2 aliphatic rings. The van der Waals surface area contributed by atoms with E-state index in [-0.39, 0.29) is 6.03 Å². The minimum absolute atomic E-state index is 0.00380. The lowest BCUT2D eigenvalue weighted by molar-refractivity contribution is 0.167. The summed E-state index contributed by atoms with van der Waals surface area (Å²) in [5.41, 5.74) is 1.92. The molecule has 30 heavy (non-hydrogen) atoms. The van der Waals surface area contributed by atoms with Crippen molar-refractivity contribution in [2.24, 2.45) is 4.99 Å². The molecule has 2 heterocycles. The number of hydrogen-bond acceptors (Lipinski definition) is 3. The molecule has 0 aromatic heterocycles. The average molecular weight is 415 g/mol. The highest BCUT2D eigenvalue weighted by atomic mass is 16.2. The molecule has 0 atom stereocenters. The highest BCUT2D eigenvalue weighted by Gasteiger charge is 2.21. The molecule has 1 aromatic rings. The highest BCUT2D eigenvalue weighted by molar-refractivity contribution is 5.89. The van der Waals surface area contributed by atoms with Gasteiger partial charge in [-0.15, -0.1) is 0 Å². The minimum Gasteiger partial charge on any atom is -0.357 e. The lowest BCUT2D eigenvalue weighted by atomic mass is 10.0. The second-order valence-electron chi connectivity index (χ2n) is 8.57. The number of carbonyl (C=O) groups is 1. The Morgan fingerprint density at radius 3 is 2.57 bits per heavy atom. The van der Waals surface area contributed by atoms with Crippen molar-refractivity contribution in [1.82, 2.24) is 20.4 Å². The van der Waals surface area contributed by atoms with E-state index in [2.05, 4.69) is 47.7 Å². The first-order chi connectivity index (χ1) is 14.5. The number of piperidine rings is 1. The van der Waals surface area contributed by atoms with Gasteiger partial charge in [-0.05, 0) is 64.2 Å². The first-order valence-electron chi connectivity index (χ1n) is 11.5. The maximum Gasteiger partial charge on any atom is 0.321 e. The summed E-state index contributed by atoms with van der Waals surface area (Å²) >= 11 is 0. The molecule has 7 heteroatoms. The van der Waals surface area contributed by atoms with E-state index in [1.54, 1.807) is 0 Å². The Labute approximate surface area is 181 Å². The van der Waals surface area contributed by atoms with Crippen LogP contribution >= 0.6 is 0 Å². The van der Waals surface area contributed by atoms with E-state index in [0.717, 1.165) is 75.6 Å².